The van der Waals surface area contributed by atoms with Crippen molar-refractivity contribution in [1.29, 1.82) is 0 Å². The van der Waals surface area contributed by atoms with Gasteiger partial charge in [0.15, 0.2) is 0 Å². The van der Waals surface area contributed by atoms with Crippen molar-refractivity contribution in [3.05, 3.63) is 63.6 Å². The van der Waals surface area contributed by atoms with Gasteiger partial charge in [-0.25, -0.2) is 0 Å². The Kier molecular flexibility index (Phi) is 4.39. The monoisotopic (exact) mass is 321 g/mol. The lowest BCUT2D eigenvalue weighted by molar-refractivity contribution is 0.303. The SMILES string of the molecule is CNC(c1ccc(OC2CC2)cc1)c1cccc(Cl)c1Cl. The summed E-state index contributed by atoms with van der Waals surface area (Å²) in [5.74, 6) is 0.924. The molecule has 1 atom stereocenters. The van der Waals surface area contributed by atoms with Crippen molar-refractivity contribution in [2.45, 2.75) is 25.0 Å². The molecule has 2 aromatic carbocycles. The number of nitrogens with one attached hydrogen (secondary N) is 1. The predicted molar refractivity (Wildman–Crippen MR) is 87.5 cm³/mol. The van der Waals surface area contributed by atoms with Crippen LogP contribution in [0.4, 0.5) is 0 Å². The van der Waals surface area contributed by atoms with Crippen LogP contribution in [0.5, 0.6) is 5.75 Å². The third kappa shape index (κ3) is 3.34. The molecule has 110 valence electrons. The van der Waals surface area contributed by atoms with Gasteiger partial charge in [0, 0.05) is 0 Å². The first-order valence-electron chi connectivity index (χ1n) is 7.07. The zero-order valence-electron chi connectivity index (χ0n) is 11.8. The van der Waals surface area contributed by atoms with E-state index in [4.69, 9.17) is 27.9 Å². The molecule has 0 amide bonds. The highest BCUT2D eigenvalue weighted by Crippen LogP contribution is 2.34. The van der Waals surface area contributed by atoms with Gasteiger partial charge in [0.25, 0.3) is 0 Å². The van der Waals surface area contributed by atoms with Crippen LogP contribution in [-0.2, 0) is 0 Å². The summed E-state index contributed by atoms with van der Waals surface area (Å²) in [4.78, 5) is 0. The number of benzene rings is 2. The topological polar surface area (TPSA) is 21.3 Å². The van der Waals surface area contributed by atoms with Crippen LogP contribution in [0, 0.1) is 0 Å². The van der Waals surface area contributed by atoms with Gasteiger partial charge in [-0.3, -0.25) is 0 Å². The van der Waals surface area contributed by atoms with Gasteiger partial charge in [-0.1, -0.05) is 47.5 Å². The molecule has 21 heavy (non-hydrogen) atoms. The van der Waals surface area contributed by atoms with Crippen LogP contribution in [0.2, 0.25) is 10.0 Å². The van der Waals surface area contributed by atoms with E-state index >= 15 is 0 Å². The van der Waals surface area contributed by atoms with Crippen LogP contribution in [0.25, 0.3) is 0 Å². The fourth-order valence-electron chi connectivity index (χ4n) is 2.36. The molecule has 0 spiro atoms. The van der Waals surface area contributed by atoms with Gasteiger partial charge in [-0.15, -0.1) is 0 Å². The fourth-order valence-corrected chi connectivity index (χ4v) is 2.78. The van der Waals surface area contributed by atoms with E-state index in [1.165, 1.54) is 12.8 Å². The highest BCUT2D eigenvalue weighted by atomic mass is 35.5. The molecule has 1 unspecified atom stereocenters. The third-order valence-electron chi connectivity index (χ3n) is 3.62. The lowest BCUT2D eigenvalue weighted by atomic mass is 9.99. The number of ether oxygens (including phenoxy) is 1. The Hall–Kier alpha value is -1.22. The van der Waals surface area contributed by atoms with E-state index in [0.29, 0.717) is 16.1 Å². The van der Waals surface area contributed by atoms with Crippen molar-refractivity contribution >= 4 is 23.2 Å². The zero-order chi connectivity index (χ0) is 14.8. The van der Waals surface area contributed by atoms with Crippen LogP contribution in [0.15, 0.2) is 42.5 Å². The van der Waals surface area contributed by atoms with Crippen LogP contribution in [-0.4, -0.2) is 13.2 Å². The summed E-state index contributed by atoms with van der Waals surface area (Å²) < 4.78 is 5.77. The van der Waals surface area contributed by atoms with Crippen molar-refractivity contribution in [2.75, 3.05) is 7.05 Å². The van der Waals surface area contributed by atoms with E-state index in [0.717, 1.165) is 16.9 Å². The smallest absolute Gasteiger partial charge is 0.119 e. The summed E-state index contributed by atoms with van der Waals surface area (Å²) >= 11 is 12.4. The summed E-state index contributed by atoms with van der Waals surface area (Å²) in [6.45, 7) is 0. The molecule has 3 rings (SSSR count). The maximum absolute atomic E-state index is 6.33. The number of hydrogen-bond donors (Lipinski definition) is 1. The Morgan fingerprint density at radius 3 is 2.43 bits per heavy atom. The van der Waals surface area contributed by atoms with Gasteiger partial charge in [-0.2, -0.15) is 0 Å². The minimum absolute atomic E-state index is 0.00572. The highest BCUT2D eigenvalue weighted by molar-refractivity contribution is 6.42. The zero-order valence-corrected chi connectivity index (χ0v) is 13.3. The van der Waals surface area contributed by atoms with Crippen LogP contribution in [0.1, 0.15) is 30.0 Å². The molecule has 1 aliphatic carbocycles. The summed E-state index contributed by atoms with van der Waals surface area (Å²) in [6.07, 6.45) is 2.75. The average molecular weight is 322 g/mol. The second kappa shape index (κ2) is 6.27. The molecule has 1 fully saturated rings. The quantitative estimate of drug-likeness (QED) is 0.850. The Bertz CT molecular complexity index is 623. The van der Waals surface area contributed by atoms with Crippen molar-refractivity contribution in [3.63, 3.8) is 0 Å². The van der Waals surface area contributed by atoms with Gasteiger partial charge in [0.1, 0.15) is 5.75 Å². The van der Waals surface area contributed by atoms with Crippen LogP contribution >= 0.6 is 23.2 Å². The normalized spacial score (nSPS) is 15.8. The molecule has 0 saturated heterocycles. The standard InChI is InChI=1S/C17H17Cl2NO/c1-20-17(14-3-2-4-15(18)16(14)19)11-5-7-12(8-6-11)21-13-9-10-13/h2-8,13,17,20H,9-10H2,1H3. The second-order valence-corrected chi connectivity index (χ2v) is 6.04. The molecule has 0 aliphatic heterocycles. The molecular weight excluding hydrogens is 305 g/mol. The number of rotatable bonds is 5. The third-order valence-corrected chi connectivity index (χ3v) is 4.46. The van der Waals surface area contributed by atoms with E-state index < -0.39 is 0 Å². The van der Waals surface area contributed by atoms with Gasteiger partial charge < -0.3 is 10.1 Å². The van der Waals surface area contributed by atoms with Crippen molar-refractivity contribution in [3.8, 4) is 5.75 Å². The van der Waals surface area contributed by atoms with Gasteiger partial charge >= 0.3 is 0 Å². The van der Waals surface area contributed by atoms with Crippen molar-refractivity contribution in [1.82, 2.24) is 5.32 Å². The fraction of sp³-hybridized carbons (Fsp3) is 0.294. The van der Waals surface area contributed by atoms with Gasteiger partial charge in [0.2, 0.25) is 0 Å². The predicted octanol–water partition coefficient (Wildman–Crippen LogP) is 4.84. The maximum Gasteiger partial charge on any atom is 0.119 e. The lowest BCUT2D eigenvalue weighted by Gasteiger charge is -2.19. The van der Waals surface area contributed by atoms with E-state index in [1.54, 1.807) is 6.07 Å². The largest absolute Gasteiger partial charge is 0.490 e. The summed E-state index contributed by atoms with van der Waals surface area (Å²) in [7, 11) is 1.91. The minimum Gasteiger partial charge on any atom is -0.490 e. The van der Waals surface area contributed by atoms with E-state index in [9.17, 15) is 0 Å². The molecule has 0 heterocycles. The number of hydrogen-bond acceptors (Lipinski definition) is 2. The number of halogens is 2. The molecule has 0 aromatic heterocycles. The first-order chi connectivity index (χ1) is 10.2. The molecule has 2 aromatic rings. The van der Waals surface area contributed by atoms with E-state index in [1.807, 2.05) is 31.3 Å². The first-order valence-corrected chi connectivity index (χ1v) is 7.82. The van der Waals surface area contributed by atoms with Crippen molar-refractivity contribution in [2.24, 2.45) is 0 Å². The molecule has 0 radical (unpaired) electrons. The first kappa shape index (κ1) is 14.7. The van der Waals surface area contributed by atoms with Gasteiger partial charge in [-0.05, 0) is 49.2 Å². The summed E-state index contributed by atoms with van der Waals surface area (Å²) in [5.41, 5.74) is 2.10. The molecular formula is C17H17Cl2NO. The Labute approximate surface area is 135 Å². The van der Waals surface area contributed by atoms with Crippen molar-refractivity contribution < 1.29 is 4.74 Å². The highest BCUT2D eigenvalue weighted by Gasteiger charge is 2.23. The maximum atomic E-state index is 6.33. The average Bonchev–Trinajstić information content (AvgIpc) is 3.30. The molecule has 1 aliphatic rings. The Balaban J connectivity index is 1.86. The van der Waals surface area contributed by atoms with Crippen LogP contribution in [0.3, 0.4) is 0 Å². The van der Waals surface area contributed by atoms with Gasteiger partial charge in [0.05, 0.1) is 22.2 Å². The molecule has 2 nitrogen and oxygen atoms in total. The van der Waals surface area contributed by atoms with E-state index in [2.05, 4.69) is 17.4 Å². The van der Waals surface area contributed by atoms with E-state index in [-0.39, 0.29) is 6.04 Å². The second-order valence-electron chi connectivity index (χ2n) is 5.25. The minimum atomic E-state index is 0.00572. The van der Waals surface area contributed by atoms with Crippen LogP contribution < -0.4 is 10.1 Å². The Morgan fingerprint density at radius 1 is 1.10 bits per heavy atom. The molecule has 1 N–H and O–H groups in total. The lowest BCUT2D eigenvalue weighted by Crippen LogP contribution is -2.18. The molecule has 0 bridgehead atoms. The summed E-state index contributed by atoms with van der Waals surface area (Å²) in [5, 5.41) is 4.46. The molecule has 4 heteroatoms. The molecule has 1 saturated carbocycles. The Morgan fingerprint density at radius 2 is 1.81 bits per heavy atom. The summed E-state index contributed by atoms with van der Waals surface area (Å²) in [6, 6.07) is 13.9.